The van der Waals surface area contributed by atoms with E-state index >= 15 is 0 Å². The Morgan fingerprint density at radius 3 is 2.43 bits per heavy atom. The summed E-state index contributed by atoms with van der Waals surface area (Å²) in [5, 5.41) is 16.4. The number of amides is 2. The van der Waals surface area contributed by atoms with E-state index in [-0.39, 0.29) is 17.9 Å². The van der Waals surface area contributed by atoms with Gasteiger partial charge in [-0.05, 0) is 44.2 Å². The van der Waals surface area contributed by atoms with Gasteiger partial charge in [-0.15, -0.1) is 15.3 Å². The minimum absolute atomic E-state index is 0.00944. The van der Waals surface area contributed by atoms with Crippen LogP contribution in [0.4, 0.5) is 5.82 Å². The first-order valence-electron chi connectivity index (χ1n) is 12.4. The van der Waals surface area contributed by atoms with Gasteiger partial charge in [-0.1, -0.05) is 18.2 Å². The summed E-state index contributed by atoms with van der Waals surface area (Å²) in [6.45, 7) is 5.18. The number of fused-ring (bicyclic) bond motifs is 1. The zero-order chi connectivity index (χ0) is 24.2. The summed E-state index contributed by atoms with van der Waals surface area (Å²) in [6.07, 6.45) is 2.31. The molecule has 184 valence electrons. The highest BCUT2D eigenvalue weighted by atomic mass is 16.2. The fourth-order valence-corrected chi connectivity index (χ4v) is 4.70. The van der Waals surface area contributed by atoms with Crippen LogP contribution in [0.15, 0.2) is 42.5 Å². The number of carbonyl (C=O) groups excluding carboxylic acids is 2. The van der Waals surface area contributed by atoms with Crippen LogP contribution >= 0.6 is 0 Å². The van der Waals surface area contributed by atoms with E-state index in [2.05, 4.69) is 32.4 Å². The number of piperazine rings is 1. The van der Waals surface area contributed by atoms with Crippen LogP contribution in [0.25, 0.3) is 5.65 Å². The van der Waals surface area contributed by atoms with Gasteiger partial charge in [0.05, 0.1) is 0 Å². The molecule has 2 fully saturated rings. The van der Waals surface area contributed by atoms with E-state index in [1.54, 1.807) is 4.52 Å². The number of piperidine rings is 1. The first-order chi connectivity index (χ1) is 17.1. The van der Waals surface area contributed by atoms with Gasteiger partial charge in [0.2, 0.25) is 5.91 Å². The van der Waals surface area contributed by atoms with Crippen LogP contribution in [-0.2, 0) is 11.2 Å². The molecule has 2 aliphatic heterocycles. The molecule has 1 aromatic carbocycles. The smallest absolute Gasteiger partial charge is 0.253 e. The second-order valence-electron chi connectivity index (χ2n) is 9.37. The van der Waals surface area contributed by atoms with E-state index in [1.807, 2.05) is 47.4 Å². The molecule has 2 amide bonds. The summed E-state index contributed by atoms with van der Waals surface area (Å²) in [6, 6.07) is 13.3. The zero-order valence-electron chi connectivity index (χ0n) is 20.1. The number of aryl methyl sites for hydroxylation is 1. The maximum atomic E-state index is 12.6. The summed E-state index contributed by atoms with van der Waals surface area (Å²) in [5.41, 5.74) is 1.40. The predicted molar refractivity (Wildman–Crippen MR) is 132 cm³/mol. The number of hydrogen-bond donors (Lipinski definition) is 1. The highest BCUT2D eigenvalue weighted by Crippen LogP contribution is 2.16. The van der Waals surface area contributed by atoms with E-state index < -0.39 is 0 Å². The molecule has 2 saturated heterocycles. The number of benzene rings is 1. The normalized spacial score (nSPS) is 17.6. The molecule has 1 N–H and O–H groups in total. The van der Waals surface area contributed by atoms with Gasteiger partial charge in [-0.2, -0.15) is 4.52 Å². The van der Waals surface area contributed by atoms with Crippen molar-refractivity contribution in [2.24, 2.45) is 0 Å². The van der Waals surface area contributed by atoms with E-state index in [0.717, 1.165) is 44.8 Å². The first-order valence-corrected chi connectivity index (χ1v) is 12.4. The molecular formula is C25H32N8O2. The number of likely N-dealkylation sites (N-methyl/N-ethyl adjacent to an activating group) is 1. The van der Waals surface area contributed by atoms with Gasteiger partial charge in [-0.3, -0.25) is 9.59 Å². The standard InChI is InChI=1S/C25H32N8O2/c1-30-15-17-31(18-16-30)23-8-7-21-27-28-22(33(21)29-23)9-10-24(34)26-20-11-13-32(14-12-20)25(35)19-5-3-2-4-6-19/h2-8,20H,9-18H2,1H3,(H,26,34). The molecule has 0 saturated carbocycles. The molecule has 0 spiro atoms. The second-order valence-corrected chi connectivity index (χ2v) is 9.37. The van der Waals surface area contributed by atoms with Crippen molar-refractivity contribution >= 4 is 23.3 Å². The molecule has 5 rings (SSSR count). The SMILES string of the molecule is CN1CCN(c2ccc3nnc(CCC(=O)NC4CCN(C(=O)c5ccccc5)CC4)n3n2)CC1. The summed E-state index contributed by atoms with van der Waals surface area (Å²) >= 11 is 0. The monoisotopic (exact) mass is 476 g/mol. The molecule has 2 aromatic heterocycles. The third kappa shape index (κ3) is 5.43. The quantitative estimate of drug-likeness (QED) is 0.571. The fraction of sp³-hybridized carbons (Fsp3) is 0.480. The first kappa shape index (κ1) is 23.2. The van der Waals surface area contributed by atoms with Crippen LogP contribution in [0.2, 0.25) is 0 Å². The molecular weight excluding hydrogens is 444 g/mol. The molecule has 2 aliphatic rings. The van der Waals surface area contributed by atoms with Gasteiger partial charge in [-0.25, -0.2) is 0 Å². The number of carbonyl (C=O) groups is 2. The Kier molecular flexibility index (Phi) is 6.89. The van der Waals surface area contributed by atoms with Crippen LogP contribution in [0.5, 0.6) is 0 Å². The van der Waals surface area contributed by atoms with Crippen LogP contribution in [0.3, 0.4) is 0 Å². The predicted octanol–water partition coefficient (Wildman–Crippen LogP) is 1.23. The third-order valence-electron chi connectivity index (χ3n) is 6.88. The second kappa shape index (κ2) is 10.4. The van der Waals surface area contributed by atoms with Crippen molar-refractivity contribution in [3.8, 4) is 0 Å². The molecule has 0 unspecified atom stereocenters. The van der Waals surface area contributed by atoms with Gasteiger partial charge >= 0.3 is 0 Å². The number of hydrogen-bond acceptors (Lipinski definition) is 7. The average Bonchev–Trinajstić information content (AvgIpc) is 3.31. The number of anilines is 1. The zero-order valence-corrected chi connectivity index (χ0v) is 20.1. The molecule has 0 aliphatic carbocycles. The highest BCUT2D eigenvalue weighted by molar-refractivity contribution is 5.94. The van der Waals surface area contributed by atoms with Crippen LogP contribution in [-0.4, -0.2) is 93.8 Å². The summed E-state index contributed by atoms with van der Waals surface area (Å²) in [5.74, 6) is 1.64. The topological polar surface area (TPSA) is 99.0 Å². The summed E-state index contributed by atoms with van der Waals surface area (Å²) in [4.78, 5) is 31.7. The maximum absolute atomic E-state index is 12.6. The Balaban J connectivity index is 1.12. The molecule has 0 radical (unpaired) electrons. The van der Waals surface area contributed by atoms with Crippen LogP contribution in [0, 0.1) is 0 Å². The minimum atomic E-state index is -0.00944. The molecule has 4 heterocycles. The Morgan fingerprint density at radius 1 is 0.943 bits per heavy atom. The van der Waals surface area contributed by atoms with Crippen molar-refractivity contribution < 1.29 is 9.59 Å². The van der Waals surface area contributed by atoms with Crippen molar-refractivity contribution in [2.45, 2.75) is 31.7 Å². The average molecular weight is 477 g/mol. The Hall–Kier alpha value is -3.53. The van der Waals surface area contributed by atoms with Crippen molar-refractivity contribution in [3.63, 3.8) is 0 Å². The van der Waals surface area contributed by atoms with Crippen molar-refractivity contribution in [1.29, 1.82) is 0 Å². The molecule has 0 bridgehead atoms. The van der Waals surface area contributed by atoms with E-state index in [4.69, 9.17) is 5.10 Å². The van der Waals surface area contributed by atoms with E-state index in [1.165, 1.54) is 0 Å². The Morgan fingerprint density at radius 2 is 1.69 bits per heavy atom. The number of nitrogens with zero attached hydrogens (tertiary/aromatic N) is 7. The lowest BCUT2D eigenvalue weighted by Crippen LogP contribution is -2.46. The van der Waals surface area contributed by atoms with E-state index in [0.29, 0.717) is 43.0 Å². The fourth-order valence-electron chi connectivity index (χ4n) is 4.70. The highest BCUT2D eigenvalue weighted by Gasteiger charge is 2.25. The van der Waals surface area contributed by atoms with Gasteiger partial charge in [0, 0.05) is 63.7 Å². The Labute approximate surface area is 204 Å². The van der Waals surface area contributed by atoms with Gasteiger partial charge in [0.15, 0.2) is 11.5 Å². The molecule has 10 heteroatoms. The third-order valence-corrected chi connectivity index (χ3v) is 6.88. The van der Waals surface area contributed by atoms with Crippen molar-refractivity contribution in [2.75, 3.05) is 51.2 Å². The van der Waals surface area contributed by atoms with Crippen LogP contribution in [0.1, 0.15) is 35.4 Å². The lowest BCUT2D eigenvalue weighted by atomic mass is 10.0. The number of nitrogens with one attached hydrogen (secondary N) is 1. The molecule has 10 nitrogen and oxygen atoms in total. The summed E-state index contributed by atoms with van der Waals surface area (Å²) < 4.78 is 1.76. The van der Waals surface area contributed by atoms with E-state index in [9.17, 15) is 9.59 Å². The Bertz CT molecular complexity index is 1160. The number of rotatable bonds is 6. The van der Waals surface area contributed by atoms with Crippen LogP contribution < -0.4 is 10.2 Å². The van der Waals surface area contributed by atoms with Gasteiger partial charge in [0.1, 0.15) is 5.82 Å². The lowest BCUT2D eigenvalue weighted by molar-refractivity contribution is -0.122. The van der Waals surface area contributed by atoms with Crippen molar-refractivity contribution in [3.05, 3.63) is 53.9 Å². The number of aromatic nitrogens is 4. The maximum Gasteiger partial charge on any atom is 0.253 e. The lowest BCUT2D eigenvalue weighted by Gasteiger charge is -2.33. The molecule has 3 aromatic rings. The largest absolute Gasteiger partial charge is 0.353 e. The van der Waals surface area contributed by atoms with Gasteiger partial charge < -0.3 is 20.0 Å². The number of likely N-dealkylation sites (tertiary alicyclic amines) is 1. The summed E-state index contributed by atoms with van der Waals surface area (Å²) in [7, 11) is 2.13. The van der Waals surface area contributed by atoms with Gasteiger partial charge in [0.25, 0.3) is 5.91 Å². The molecule has 0 atom stereocenters. The molecule has 35 heavy (non-hydrogen) atoms. The minimum Gasteiger partial charge on any atom is -0.353 e. The van der Waals surface area contributed by atoms with Crippen molar-refractivity contribution in [1.82, 2.24) is 34.9 Å².